The van der Waals surface area contributed by atoms with Gasteiger partial charge in [0.2, 0.25) is 0 Å². The van der Waals surface area contributed by atoms with Gasteiger partial charge >= 0.3 is 5.97 Å². The van der Waals surface area contributed by atoms with Gasteiger partial charge in [-0.1, -0.05) is 0 Å². The number of carbonyl (C=O) groups is 1. The molecule has 0 aliphatic heterocycles. The summed E-state index contributed by atoms with van der Waals surface area (Å²) >= 11 is 1.45. The molecule has 1 N–H and O–H groups in total. The van der Waals surface area contributed by atoms with Crippen LogP contribution >= 0.6 is 11.8 Å². The number of methoxy groups -OCH3 is 1. The maximum absolute atomic E-state index is 11.2. The van der Waals surface area contributed by atoms with E-state index in [1.165, 1.54) is 11.8 Å². The van der Waals surface area contributed by atoms with E-state index < -0.39 is 10.7 Å². The molecule has 1 aromatic rings. The summed E-state index contributed by atoms with van der Waals surface area (Å²) in [6.45, 7) is 0. The number of aliphatic carboxylic acids is 1. The smallest absolute Gasteiger partial charge is 0.320 e. The van der Waals surface area contributed by atoms with E-state index in [9.17, 15) is 9.90 Å². The van der Waals surface area contributed by atoms with Crippen LogP contribution in [0.5, 0.6) is 5.75 Å². The first-order chi connectivity index (χ1) is 7.66. The highest BCUT2D eigenvalue weighted by Gasteiger charge is 2.45. The molecule has 1 aliphatic rings. The number of rotatable bonds is 4. The molecule has 0 saturated heterocycles. The molecule has 86 valence electrons. The SMILES string of the molecule is COc1ccc(SC2(C(=O)O)CCC2)cc1. The maximum Gasteiger partial charge on any atom is 0.320 e. The normalized spacial score (nSPS) is 17.6. The Balaban J connectivity index is 2.10. The van der Waals surface area contributed by atoms with Gasteiger partial charge in [-0.2, -0.15) is 0 Å². The van der Waals surface area contributed by atoms with Crippen molar-refractivity contribution in [3.05, 3.63) is 24.3 Å². The molecule has 1 aliphatic carbocycles. The van der Waals surface area contributed by atoms with Gasteiger partial charge in [0.1, 0.15) is 10.5 Å². The van der Waals surface area contributed by atoms with Crippen LogP contribution in [0.15, 0.2) is 29.2 Å². The molecule has 0 aromatic heterocycles. The Labute approximate surface area is 98.8 Å². The minimum atomic E-state index is -0.695. The van der Waals surface area contributed by atoms with Crippen molar-refractivity contribution in [2.24, 2.45) is 0 Å². The molecule has 0 amide bonds. The number of ether oxygens (including phenoxy) is 1. The van der Waals surface area contributed by atoms with Gasteiger partial charge in [0.15, 0.2) is 0 Å². The number of benzene rings is 1. The molecule has 16 heavy (non-hydrogen) atoms. The lowest BCUT2D eigenvalue weighted by Gasteiger charge is -2.36. The van der Waals surface area contributed by atoms with Gasteiger partial charge in [0, 0.05) is 4.90 Å². The second kappa shape index (κ2) is 4.37. The largest absolute Gasteiger partial charge is 0.497 e. The molecular weight excluding hydrogens is 224 g/mol. The number of carboxylic acids is 1. The van der Waals surface area contributed by atoms with Gasteiger partial charge in [-0.05, 0) is 43.5 Å². The predicted octanol–water partition coefficient (Wildman–Crippen LogP) is 2.79. The summed E-state index contributed by atoms with van der Waals surface area (Å²) in [5.41, 5.74) is 0. The van der Waals surface area contributed by atoms with Crippen LogP contribution in [0.2, 0.25) is 0 Å². The predicted molar refractivity (Wildman–Crippen MR) is 63.1 cm³/mol. The minimum Gasteiger partial charge on any atom is -0.497 e. The van der Waals surface area contributed by atoms with E-state index in [4.69, 9.17) is 4.74 Å². The average Bonchev–Trinajstić information content (AvgIpc) is 2.24. The van der Waals surface area contributed by atoms with Crippen LogP contribution in [0.3, 0.4) is 0 Å². The fourth-order valence-corrected chi connectivity index (χ4v) is 3.03. The summed E-state index contributed by atoms with van der Waals surface area (Å²) in [6.07, 6.45) is 2.54. The summed E-state index contributed by atoms with van der Waals surface area (Å²) in [6, 6.07) is 7.53. The zero-order valence-electron chi connectivity index (χ0n) is 9.10. The van der Waals surface area contributed by atoms with Gasteiger partial charge in [0.25, 0.3) is 0 Å². The molecule has 3 nitrogen and oxygen atoms in total. The molecule has 1 aromatic carbocycles. The van der Waals surface area contributed by atoms with Gasteiger partial charge in [-0.3, -0.25) is 4.79 Å². The third-order valence-electron chi connectivity index (χ3n) is 2.92. The van der Waals surface area contributed by atoms with Crippen molar-refractivity contribution in [1.82, 2.24) is 0 Å². The van der Waals surface area contributed by atoms with E-state index in [-0.39, 0.29) is 0 Å². The highest BCUT2D eigenvalue weighted by Crippen LogP contribution is 2.47. The Hall–Kier alpha value is -1.16. The molecule has 0 bridgehead atoms. The van der Waals surface area contributed by atoms with E-state index in [1.807, 2.05) is 24.3 Å². The van der Waals surface area contributed by atoms with Crippen molar-refractivity contribution in [1.29, 1.82) is 0 Å². The van der Waals surface area contributed by atoms with Gasteiger partial charge in [-0.15, -0.1) is 11.8 Å². The van der Waals surface area contributed by atoms with Gasteiger partial charge in [0.05, 0.1) is 7.11 Å². The number of hydrogen-bond donors (Lipinski definition) is 1. The lowest BCUT2D eigenvalue weighted by atomic mass is 9.84. The van der Waals surface area contributed by atoms with Crippen LogP contribution in [-0.2, 0) is 4.79 Å². The summed E-state index contributed by atoms with van der Waals surface area (Å²) in [7, 11) is 1.62. The van der Waals surface area contributed by atoms with Crippen LogP contribution in [0, 0.1) is 0 Å². The van der Waals surface area contributed by atoms with E-state index in [0.717, 1.165) is 29.9 Å². The molecule has 0 heterocycles. The van der Waals surface area contributed by atoms with Crippen LogP contribution in [0.1, 0.15) is 19.3 Å². The molecule has 0 unspecified atom stereocenters. The molecule has 0 radical (unpaired) electrons. The molecule has 4 heteroatoms. The van der Waals surface area contributed by atoms with E-state index >= 15 is 0 Å². The maximum atomic E-state index is 11.2. The zero-order chi connectivity index (χ0) is 11.6. The Kier molecular flexibility index (Phi) is 3.10. The number of thioether (sulfide) groups is 1. The molecule has 1 saturated carbocycles. The number of hydrogen-bond acceptors (Lipinski definition) is 3. The van der Waals surface area contributed by atoms with Crippen LogP contribution < -0.4 is 4.74 Å². The molecule has 1 fully saturated rings. The molecular formula is C12H14O3S. The second-order valence-corrected chi connectivity index (χ2v) is 5.39. The monoisotopic (exact) mass is 238 g/mol. The van der Waals surface area contributed by atoms with Crippen molar-refractivity contribution in [3.8, 4) is 5.75 Å². The van der Waals surface area contributed by atoms with Gasteiger partial charge < -0.3 is 9.84 Å². The highest BCUT2D eigenvalue weighted by molar-refractivity contribution is 8.01. The van der Waals surface area contributed by atoms with Gasteiger partial charge in [-0.25, -0.2) is 0 Å². The third kappa shape index (κ3) is 2.02. The third-order valence-corrected chi connectivity index (χ3v) is 4.41. The van der Waals surface area contributed by atoms with E-state index in [2.05, 4.69) is 0 Å². The Bertz CT molecular complexity index is 382. The van der Waals surface area contributed by atoms with Crippen molar-refractivity contribution in [2.45, 2.75) is 28.9 Å². The fraction of sp³-hybridized carbons (Fsp3) is 0.417. The van der Waals surface area contributed by atoms with E-state index in [1.54, 1.807) is 7.11 Å². The molecule has 2 rings (SSSR count). The van der Waals surface area contributed by atoms with E-state index in [0.29, 0.717) is 0 Å². The first-order valence-corrected chi connectivity index (χ1v) is 6.04. The number of carboxylic acid groups (broad SMARTS) is 1. The Morgan fingerprint density at radius 3 is 2.38 bits per heavy atom. The van der Waals surface area contributed by atoms with Crippen LogP contribution in [0.4, 0.5) is 0 Å². The lowest BCUT2D eigenvalue weighted by molar-refractivity contribution is -0.142. The van der Waals surface area contributed by atoms with Crippen molar-refractivity contribution < 1.29 is 14.6 Å². The standard InChI is InChI=1S/C12H14O3S/c1-15-9-3-5-10(6-4-9)16-12(11(13)14)7-2-8-12/h3-6H,2,7-8H2,1H3,(H,13,14). The summed E-state index contributed by atoms with van der Waals surface area (Å²) in [4.78, 5) is 12.2. The summed E-state index contributed by atoms with van der Waals surface area (Å²) < 4.78 is 4.47. The van der Waals surface area contributed by atoms with Crippen molar-refractivity contribution in [3.63, 3.8) is 0 Å². The van der Waals surface area contributed by atoms with Crippen LogP contribution in [-0.4, -0.2) is 22.9 Å². The summed E-state index contributed by atoms with van der Waals surface area (Å²) in [5, 5.41) is 9.20. The topological polar surface area (TPSA) is 46.5 Å². The highest BCUT2D eigenvalue weighted by atomic mass is 32.2. The minimum absolute atomic E-state index is 0.589. The first kappa shape index (κ1) is 11.3. The molecule has 0 atom stereocenters. The first-order valence-electron chi connectivity index (χ1n) is 5.23. The second-order valence-electron chi connectivity index (χ2n) is 3.93. The van der Waals surface area contributed by atoms with Crippen molar-refractivity contribution >= 4 is 17.7 Å². The summed E-state index contributed by atoms with van der Waals surface area (Å²) in [5.74, 6) is 0.0990. The quantitative estimate of drug-likeness (QED) is 0.876. The zero-order valence-corrected chi connectivity index (χ0v) is 9.92. The Morgan fingerprint density at radius 2 is 2.00 bits per heavy atom. The Morgan fingerprint density at radius 1 is 1.38 bits per heavy atom. The average molecular weight is 238 g/mol. The lowest BCUT2D eigenvalue weighted by Crippen LogP contribution is -2.41. The fourth-order valence-electron chi connectivity index (χ4n) is 1.73. The van der Waals surface area contributed by atoms with Crippen molar-refractivity contribution in [2.75, 3.05) is 7.11 Å². The van der Waals surface area contributed by atoms with Crippen LogP contribution in [0.25, 0.3) is 0 Å². The molecule has 0 spiro atoms.